The number of rotatable bonds is 1. The van der Waals surface area contributed by atoms with Gasteiger partial charge in [0.15, 0.2) is 5.79 Å². The van der Waals surface area contributed by atoms with E-state index in [0.717, 1.165) is 0 Å². The minimum atomic E-state index is -2.11. The third kappa shape index (κ3) is 1.20. The Morgan fingerprint density at radius 1 is 0.926 bits per heavy atom. The molecule has 5 rings (SSSR count). The Hall–Kier alpha value is -0.280. The van der Waals surface area contributed by atoms with Gasteiger partial charge >= 0.3 is 0 Å². The van der Waals surface area contributed by atoms with Crippen molar-refractivity contribution in [2.75, 3.05) is 0 Å². The molecule has 4 aliphatic carbocycles. The van der Waals surface area contributed by atoms with Crippen LogP contribution in [0.15, 0.2) is 0 Å². The van der Waals surface area contributed by atoms with E-state index in [-0.39, 0.29) is 19.3 Å². The summed E-state index contributed by atoms with van der Waals surface area (Å²) in [6, 6.07) is 0. The molecule has 154 valence electrons. The minimum Gasteiger partial charge on any atom is -0.389 e. The average Bonchev–Trinajstić information content (AvgIpc) is 2.92. The van der Waals surface area contributed by atoms with Crippen LogP contribution in [-0.4, -0.2) is 70.5 Å². The van der Waals surface area contributed by atoms with E-state index in [2.05, 4.69) is 0 Å². The molecule has 1 aliphatic heterocycles. The van der Waals surface area contributed by atoms with Crippen LogP contribution in [0.2, 0.25) is 0 Å². The maximum atomic E-state index is 12.1. The Balaban J connectivity index is 1.92. The van der Waals surface area contributed by atoms with Crippen LogP contribution in [0.1, 0.15) is 60.3 Å². The Bertz CT molecular complexity index is 759. The van der Waals surface area contributed by atoms with E-state index in [9.17, 15) is 30.6 Å². The first kappa shape index (κ1) is 18.7. The van der Waals surface area contributed by atoms with Gasteiger partial charge in [-0.15, -0.1) is 0 Å². The molecule has 7 heteroatoms. The van der Waals surface area contributed by atoms with Crippen LogP contribution in [0.5, 0.6) is 0 Å². The summed E-state index contributed by atoms with van der Waals surface area (Å²) in [4.78, 5) is 0. The van der Waals surface area contributed by atoms with Gasteiger partial charge in [-0.2, -0.15) is 0 Å². The van der Waals surface area contributed by atoms with E-state index in [1.807, 2.05) is 0 Å². The van der Waals surface area contributed by atoms with E-state index < -0.39 is 62.6 Å². The number of fused-ring (bicyclic) bond motifs is 3. The van der Waals surface area contributed by atoms with Gasteiger partial charge in [-0.05, 0) is 31.6 Å². The molecule has 7 nitrogen and oxygen atoms in total. The first-order valence-electron chi connectivity index (χ1n) is 10.1. The lowest BCUT2D eigenvalue weighted by Crippen LogP contribution is -2.88. The summed E-state index contributed by atoms with van der Waals surface area (Å²) in [5, 5.41) is 71.2. The van der Waals surface area contributed by atoms with E-state index in [1.54, 1.807) is 34.6 Å². The Morgan fingerprint density at radius 2 is 1.52 bits per heavy atom. The number of hydrogen-bond donors (Lipinski definition) is 6. The second kappa shape index (κ2) is 4.13. The van der Waals surface area contributed by atoms with E-state index in [0.29, 0.717) is 6.42 Å². The van der Waals surface area contributed by atoms with Gasteiger partial charge in [0.2, 0.25) is 0 Å². The van der Waals surface area contributed by atoms with Crippen LogP contribution >= 0.6 is 0 Å². The van der Waals surface area contributed by atoms with Crippen LogP contribution < -0.4 is 0 Å². The van der Waals surface area contributed by atoms with Crippen LogP contribution in [0.25, 0.3) is 0 Å². The summed E-state index contributed by atoms with van der Waals surface area (Å²) in [7, 11) is 0. The van der Waals surface area contributed by atoms with Crippen LogP contribution in [-0.2, 0) is 4.74 Å². The molecule has 5 bridgehead atoms. The molecule has 10 atom stereocenters. The fourth-order valence-corrected chi connectivity index (χ4v) is 8.54. The second-order valence-corrected chi connectivity index (χ2v) is 10.9. The first-order chi connectivity index (χ1) is 12.1. The zero-order valence-electron chi connectivity index (χ0n) is 16.7. The topological polar surface area (TPSA) is 131 Å². The van der Waals surface area contributed by atoms with Gasteiger partial charge in [0.25, 0.3) is 0 Å². The summed E-state index contributed by atoms with van der Waals surface area (Å²) in [5.41, 5.74) is -12.4. The monoisotopic (exact) mass is 384 g/mol. The van der Waals surface area contributed by atoms with Crippen molar-refractivity contribution in [1.29, 1.82) is 0 Å². The largest absolute Gasteiger partial charge is 0.389 e. The Morgan fingerprint density at radius 3 is 2.07 bits per heavy atom. The smallest absolute Gasteiger partial charge is 0.178 e. The Kier molecular flexibility index (Phi) is 2.86. The molecule has 0 amide bonds. The fourth-order valence-electron chi connectivity index (χ4n) is 8.54. The molecule has 4 saturated carbocycles. The number of hydrogen-bond acceptors (Lipinski definition) is 7. The third-order valence-corrected chi connectivity index (χ3v) is 10.4. The standard InChI is InChI=1S/C20H32O7/c1-10(2)15(21)9-17(23)13(4)8-18(24)14(15,5)20(17,26)12(27-18)19(25)11(3)6-7-16(13,19)22/h10-12,21-26H,6-9H2,1-5H3/t11-,12-,13?,14-,15+,16+,17-,18?,19-,20?/m1/s1. The van der Waals surface area contributed by atoms with E-state index in [1.165, 1.54) is 0 Å². The van der Waals surface area contributed by atoms with Crippen LogP contribution in [0.4, 0.5) is 0 Å². The molecule has 1 saturated heterocycles. The molecular formula is C20H32O7. The highest BCUT2D eigenvalue weighted by Gasteiger charge is 3.01. The molecule has 0 radical (unpaired) electrons. The summed E-state index contributed by atoms with van der Waals surface area (Å²) in [6.07, 6.45) is -1.04. The molecule has 0 aromatic rings. The maximum absolute atomic E-state index is 12.1. The highest BCUT2D eigenvalue weighted by atomic mass is 16.7. The van der Waals surface area contributed by atoms with Crippen molar-refractivity contribution in [3.63, 3.8) is 0 Å². The number of ether oxygens (including phenoxy) is 1. The van der Waals surface area contributed by atoms with Crippen molar-refractivity contribution in [1.82, 2.24) is 0 Å². The van der Waals surface area contributed by atoms with Gasteiger partial charge in [0, 0.05) is 18.3 Å². The third-order valence-electron chi connectivity index (χ3n) is 10.4. The normalized spacial score (nSPS) is 71.6. The summed E-state index contributed by atoms with van der Waals surface area (Å²) < 4.78 is 6.01. The van der Waals surface area contributed by atoms with Crippen molar-refractivity contribution >= 4 is 0 Å². The van der Waals surface area contributed by atoms with Crippen molar-refractivity contribution in [2.24, 2.45) is 22.7 Å². The van der Waals surface area contributed by atoms with Crippen molar-refractivity contribution in [3.8, 4) is 0 Å². The maximum Gasteiger partial charge on any atom is 0.178 e. The predicted molar refractivity (Wildman–Crippen MR) is 93.3 cm³/mol. The summed E-state index contributed by atoms with van der Waals surface area (Å²) >= 11 is 0. The van der Waals surface area contributed by atoms with Gasteiger partial charge in [-0.3, -0.25) is 0 Å². The highest BCUT2D eigenvalue weighted by Crippen LogP contribution is 2.85. The molecule has 0 spiro atoms. The Labute approximate surface area is 159 Å². The molecule has 0 aromatic carbocycles. The fraction of sp³-hybridized carbons (Fsp3) is 1.00. The first-order valence-corrected chi connectivity index (χ1v) is 10.1. The van der Waals surface area contributed by atoms with Crippen LogP contribution in [0, 0.1) is 22.7 Å². The van der Waals surface area contributed by atoms with Gasteiger partial charge in [0.05, 0.1) is 11.0 Å². The molecular weight excluding hydrogens is 352 g/mol. The van der Waals surface area contributed by atoms with Gasteiger partial charge in [0.1, 0.15) is 28.5 Å². The van der Waals surface area contributed by atoms with Gasteiger partial charge in [-0.25, -0.2) is 0 Å². The van der Waals surface area contributed by atoms with Crippen molar-refractivity contribution in [3.05, 3.63) is 0 Å². The molecule has 3 unspecified atom stereocenters. The lowest BCUT2D eigenvalue weighted by atomic mass is 9.38. The van der Waals surface area contributed by atoms with Crippen LogP contribution in [0.3, 0.4) is 0 Å². The summed E-state index contributed by atoms with van der Waals surface area (Å²) in [5.74, 6) is -2.80. The molecule has 27 heavy (non-hydrogen) atoms. The van der Waals surface area contributed by atoms with E-state index >= 15 is 0 Å². The SMILES string of the molecule is CC(C)[C@@]1(O)C[C@]2(O)C3(O)[C@@H]4OC(O)(CC2(C)[C@@]2(O)CC[C@@H](C)[C@@]42O)[C@]31C. The highest BCUT2D eigenvalue weighted by molar-refractivity contribution is 5.49. The molecule has 5 fully saturated rings. The minimum absolute atomic E-state index is 0.174. The molecule has 1 heterocycles. The van der Waals surface area contributed by atoms with Gasteiger partial charge < -0.3 is 35.4 Å². The zero-order valence-corrected chi connectivity index (χ0v) is 16.7. The summed E-state index contributed by atoms with van der Waals surface area (Å²) in [6.45, 7) is 8.51. The van der Waals surface area contributed by atoms with Crippen molar-refractivity contribution < 1.29 is 35.4 Å². The lowest BCUT2D eigenvalue weighted by molar-refractivity contribution is -0.382. The second-order valence-electron chi connectivity index (χ2n) is 10.9. The molecule has 6 N–H and O–H groups in total. The van der Waals surface area contributed by atoms with Gasteiger partial charge in [-0.1, -0.05) is 27.7 Å². The lowest BCUT2D eigenvalue weighted by Gasteiger charge is -2.69. The number of aliphatic hydroxyl groups is 6. The molecule has 0 aromatic heterocycles. The van der Waals surface area contributed by atoms with Crippen molar-refractivity contribution in [2.45, 2.75) is 100 Å². The average molecular weight is 384 g/mol. The predicted octanol–water partition coefficient (Wildman–Crippen LogP) is -0.351. The van der Waals surface area contributed by atoms with E-state index in [4.69, 9.17) is 4.74 Å². The zero-order chi connectivity index (χ0) is 20.3. The molecule has 5 aliphatic rings. The quantitative estimate of drug-likeness (QED) is 0.364.